The Balaban J connectivity index is 1.13. The molecule has 0 amide bonds. The molecular formula is C48H39NO4. The summed E-state index contributed by atoms with van der Waals surface area (Å²) in [6.45, 7) is 3.02. The van der Waals surface area contributed by atoms with Crippen molar-refractivity contribution in [3.8, 4) is 22.6 Å². The third kappa shape index (κ3) is 7.37. The summed E-state index contributed by atoms with van der Waals surface area (Å²) in [5.74, 6) is 3.12. The maximum Gasteiger partial charge on any atom is 0.146 e. The van der Waals surface area contributed by atoms with Crippen LogP contribution < -0.4 is 14.4 Å². The van der Waals surface area contributed by atoms with Gasteiger partial charge in [0.1, 0.15) is 36.2 Å². The monoisotopic (exact) mass is 693 g/mol. The molecule has 0 bridgehead atoms. The van der Waals surface area contributed by atoms with Gasteiger partial charge < -0.3 is 23.2 Å². The molecule has 0 aliphatic carbocycles. The van der Waals surface area contributed by atoms with Gasteiger partial charge in [-0.3, -0.25) is 0 Å². The highest BCUT2D eigenvalue weighted by molar-refractivity contribution is 5.78. The fraction of sp³-hybridized carbons (Fsp3) is 0.0833. The highest BCUT2D eigenvalue weighted by Gasteiger charge is 2.32. The number of benzene rings is 6. The van der Waals surface area contributed by atoms with Crippen molar-refractivity contribution in [1.29, 1.82) is 0 Å². The summed E-state index contributed by atoms with van der Waals surface area (Å²) in [5.41, 5.74) is 8.55. The van der Waals surface area contributed by atoms with Gasteiger partial charge in [0, 0.05) is 22.5 Å². The van der Waals surface area contributed by atoms with Crippen molar-refractivity contribution in [2.45, 2.75) is 25.6 Å². The van der Waals surface area contributed by atoms with Gasteiger partial charge >= 0.3 is 0 Å². The predicted molar refractivity (Wildman–Crippen MR) is 211 cm³/mol. The van der Waals surface area contributed by atoms with Crippen LogP contribution in [0.25, 0.3) is 11.1 Å². The Hall–Kier alpha value is -6.72. The normalized spacial score (nSPS) is 11.3. The smallest absolute Gasteiger partial charge is 0.146 e. The molecular weight excluding hydrogens is 655 g/mol. The van der Waals surface area contributed by atoms with Crippen molar-refractivity contribution in [2.24, 2.45) is 0 Å². The van der Waals surface area contributed by atoms with Crippen molar-refractivity contribution < 1.29 is 18.3 Å². The molecule has 0 unspecified atom stereocenters. The van der Waals surface area contributed by atoms with Gasteiger partial charge in [0.2, 0.25) is 0 Å². The lowest BCUT2D eigenvalue weighted by Gasteiger charge is -2.33. The van der Waals surface area contributed by atoms with E-state index >= 15 is 0 Å². The number of rotatable bonds is 13. The first kappa shape index (κ1) is 33.4. The van der Waals surface area contributed by atoms with Crippen LogP contribution in [0.3, 0.4) is 0 Å². The van der Waals surface area contributed by atoms with E-state index in [2.05, 4.69) is 139 Å². The second kappa shape index (κ2) is 15.3. The largest absolute Gasteiger partial charge is 0.486 e. The van der Waals surface area contributed by atoms with E-state index in [0.29, 0.717) is 13.2 Å². The molecule has 2 aromatic heterocycles. The minimum absolute atomic E-state index is 0.372. The summed E-state index contributed by atoms with van der Waals surface area (Å²) in [7, 11) is 0. The summed E-state index contributed by atoms with van der Waals surface area (Å²) in [4.78, 5) is 2.30. The second-order valence-electron chi connectivity index (χ2n) is 13.0. The number of para-hydroxylation sites is 1. The molecule has 0 radical (unpaired) electrons. The van der Waals surface area contributed by atoms with Gasteiger partial charge in [0.15, 0.2) is 0 Å². The van der Waals surface area contributed by atoms with E-state index < -0.39 is 5.41 Å². The lowest BCUT2D eigenvalue weighted by molar-refractivity contribution is 0.270. The van der Waals surface area contributed by atoms with E-state index in [4.69, 9.17) is 18.3 Å². The number of hydrogen-bond acceptors (Lipinski definition) is 5. The standard InChI is InChI=1S/C48H39NO4/c1-48(39-20-28-44(29-21-39)52-34-46-14-8-32-50-46,40-22-30-45(31-23-40)53-35-47-15-9-33-51-47)38-18-26-43(27-19-38)49(41-12-6-3-7-13-41)42-24-16-37(17-25-42)36-10-4-2-5-11-36/h2-33H,34-35H2,1H3. The SMILES string of the molecule is CC(c1ccc(OCc2ccco2)cc1)(c1ccc(OCc2ccco2)cc1)c1ccc(N(c2ccccc2)c2ccc(-c3ccccc3)cc2)cc1. The first-order valence-electron chi connectivity index (χ1n) is 17.8. The number of anilines is 3. The number of ether oxygens (including phenoxy) is 2. The van der Waals surface area contributed by atoms with Gasteiger partial charge in [0.05, 0.1) is 12.5 Å². The topological polar surface area (TPSA) is 48.0 Å². The fourth-order valence-electron chi connectivity index (χ4n) is 6.77. The van der Waals surface area contributed by atoms with E-state index in [1.807, 2.05) is 54.6 Å². The van der Waals surface area contributed by atoms with Crippen LogP contribution in [-0.2, 0) is 18.6 Å². The Bertz CT molecular complexity index is 2220. The summed E-state index contributed by atoms with van der Waals surface area (Å²) in [6, 6.07) is 62.9. The molecule has 8 aromatic rings. The molecule has 0 fully saturated rings. The Morgan fingerprint density at radius 1 is 0.415 bits per heavy atom. The Morgan fingerprint density at radius 3 is 1.26 bits per heavy atom. The quantitative estimate of drug-likeness (QED) is 0.113. The molecule has 8 rings (SSSR count). The van der Waals surface area contributed by atoms with Gasteiger partial charge in [0.25, 0.3) is 0 Å². The van der Waals surface area contributed by atoms with Gasteiger partial charge in [-0.05, 0) is 120 Å². The molecule has 2 heterocycles. The Labute approximate surface area is 310 Å². The number of hydrogen-bond donors (Lipinski definition) is 0. The fourth-order valence-corrected chi connectivity index (χ4v) is 6.77. The van der Waals surface area contributed by atoms with Crippen LogP contribution in [0.4, 0.5) is 17.1 Å². The molecule has 0 saturated heterocycles. The lowest BCUT2D eigenvalue weighted by Crippen LogP contribution is -2.25. The van der Waals surface area contributed by atoms with Crippen LogP contribution in [0.1, 0.15) is 35.1 Å². The van der Waals surface area contributed by atoms with E-state index in [1.165, 1.54) is 11.1 Å². The first-order chi connectivity index (χ1) is 26.1. The maximum atomic E-state index is 6.04. The second-order valence-corrected chi connectivity index (χ2v) is 13.0. The van der Waals surface area contributed by atoms with Crippen LogP contribution in [0.2, 0.25) is 0 Å². The van der Waals surface area contributed by atoms with Crippen LogP contribution in [0.5, 0.6) is 11.5 Å². The molecule has 0 aliphatic rings. The molecule has 0 spiro atoms. The molecule has 0 N–H and O–H groups in total. The van der Waals surface area contributed by atoms with E-state index in [0.717, 1.165) is 56.8 Å². The Morgan fingerprint density at radius 2 is 0.811 bits per heavy atom. The van der Waals surface area contributed by atoms with Crippen LogP contribution >= 0.6 is 0 Å². The first-order valence-corrected chi connectivity index (χ1v) is 17.8. The van der Waals surface area contributed by atoms with Crippen LogP contribution in [-0.4, -0.2) is 0 Å². The molecule has 53 heavy (non-hydrogen) atoms. The summed E-state index contributed by atoms with van der Waals surface area (Å²) in [5, 5.41) is 0. The number of nitrogens with zero attached hydrogens (tertiary/aromatic N) is 1. The summed E-state index contributed by atoms with van der Waals surface area (Å²) >= 11 is 0. The Kier molecular flexibility index (Phi) is 9.62. The van der Waals surface area contributed by atoms with E-state index in [1.54, 1.807) is 12.5 Å². The maximum absolute atomic E-state index is 6.04. The van der Waals surface area contributed by atoms with Crippen molar-refractivity contribution in [1.82, 2.24) is 0 Å². The zero-order valence-electron chi connectivity index (χ0n) is 29.5. The molecule has 0 atom stereocenters. The third-order valence-electron chi connectivity index (χ3n) is 9.74. The van der Waals surface area contributed by atoms with Gasteiger partial charge in [-0.1, -0.05) is 97.1 Å². The van der Waals surface area contributed by atoms with Crippen LogP contribution in [0, 0.1) is 0 Å². The van der Waals surface area contributed by atoms with E-state index in [9.17, 15) is 0 Å². The zero-order chi connectivity index (χ0) is 35.9. The minimum Gasteiger partial charge on any atom is -0.486 e. The molecule has 5 heteroatoms. The molecule has 6 aromatic carbocycles. The molecule has 5 nitrogen and oxygen atoms in total. The van der Waals surface area contributed by atoms with E-state index in [-0.39, 0.29) is 0 Å². The molecule has 0 saturated carbocycles. The summed E-state index contributed by atoms with van der Waals surface area (Å²) in [6.07, 6.45) is 3.32. The van der Waals surface area contributed by atoms with Crippen molar-refractivity contribution in [3.63, 3.8) is 0 Å². The lowest BCUT2D eigenvalue weighted by atomic mass is 9.71. The predicted octanol–water partition coefficient (Wildman–Crippen LogP) is 12.5. The molecule has 0 aliphatic heterocycles. The van der Waals surface area contributed by atoms with Crippen LogP contribution in [0.15, 0.2) is 203 Å². The number of furan rings is 2. The third-order valence-corrected chi connectivity index (χ3v) is 9.74. The van der Waals surface area contributed by atoms with Gasteiger partial charge in [-0.15, -0.1) is 0 Å². The highest BCUT2D eigenvalue weighted by Crippen LogP contribution is 2.42. The van der Waals surface area contributed by atoms with Crippen molar-refractivity contribution in [2.75, 3.05) is 4.90 Å². The van der Waals surface area contributed by atoms with Gasteiger partial charge in [-0.25, -0.2) is 0 Å². The van der Waals surface area contributed by atoms with Crippen molar-refractivity contribution >= 4 is 17.1 Å². The average molecular weight is 694 g/mol. The zero-order valence-corrected chi connectivity index (χ0v) is 29.5. The highest BCUT2D eigenvalue weighted by atomic mass is 16.5. The molecule has 260 valence electrons. The van der Waals surface area contributed by atoms with Gasteiger partial charge in [-0.2, -0.15) is 0 Å². The van der Waals surface area contributed by atoms with Crippen molar-refractivity contribution in [3.05, 3.63) is 223 Å². The summed E-state index contributed by atoms with van der Waals surface area (Å²) < 4.78 is 23.0. The minimum atomic E-state index is -0.494. The average Bonchev–Trinajstić information content (AvgIpc) is 3.96.